The first-order valence-electron chi connectivity index (χ1n) is 9.76. The Bertz CT molecular complexity index is 810. The van der Waals surface area contributed by atoms with Gasteiger partial charge < -0.3 is 14.8 Å². The molecule has 27 heavy (non-hydrogen) atoms. The predicted molar refractivity (Wildman–Crippen MR) is 99.3 cm³/mol. The van der Waals surface area contributed by atoms with Gasteiger partial charge in [-0.25, -0.2) is 8.42 Å². The molecule has 2 fully saturated rings. The van der Waals surface area contributed by atoms with E-state index < -0.39 is 10.0 Å². The topological polar surface area (TPSA) is 84.9 Å². The first-order valence-corrected chi connectivity index (χ1v) is 11.2. The second-order valence-corrected chi connectivity index (χ2v) is 9.27. The van der Waals surface area contributed by atoms with Crippen molar-refractivity contribution in [3.8, 4) is 11.5 Å². The molecule has 2 aliphatic heterocycles. The minimum absolute atomic E-state index is 0.0122. The minimum Gasteiger partial charge on any atom is -0.486 e. The normalized spacial score (nSPS) is 26.9. The van der Waals surface area contributed by atoms with Crippen LogP contribution < -0.4 is 14.8 Å². The van der Waals surface area contributed by atoms with E-state index in [9.17, 15) is 13.2 Å². The third-order valence-electron chi connectivity index (χ3n) is 5.66. The Balaban J connectivity index is 1.68. The van der Waals surface area contributed by atoms with E-state index in [0.29, 0.717) is 37.8 Å². The van der Waals surface area contributed by atoms with Crippen LogP contribution in [0.3, 0.4) is 0 Å². The van der Waals surface area contributed by atoms with Crippen molar-refractivity contribution < 1.29 is 22.7 Å². The van der Waals surface area contributed by atoms with Crippen LogP contribution in [0.2, 0.25) is 0 Å². The summed E-state index contributed by atoms with van der Waals surface area (Å²) in [6.07, 6.45) is 4.90. The summed E-state index contributed by atoms with van der Waals surface area (Å²) in [5.74, 6) is 0.750. The molecule has 0 bridgehead atoms. The standard InChI is InChI=1S/C19H26N2O5S/c22-19-15-5-4-6-16(15)21(10-3-1-2-9-20-19)27(23,24)14-7-8-17-18(13-14)26-12-11-25-17/h7-8,13,15-16H,1-6,9-12H2,(H,20,22)/t15-,16+/m1/s1. The molecule has 1 aromatic rings. The lowest BCUT2D eigenvalue weighted by molar-refractivity contribution is -0.126. The molecule has 0 unspecified atom stereocenters. The minimum atomic E-state index is -3.72. The lowest BCUT2D eigenvalue weighted by Gasteiger charge is -2.33. The smallest absolute Gasteiger partial charge is 0.243 e. The lowest BCUT2D eigenvalue weighted by atomic mass is 10.0. The van der Waals surface area contributed by atoms with Gasteiger partial charge in [0.25, 0.3) is 0 Å². The molecular weight excluding hydrogens is 368 g/mol. The van der Waals surface area contributed by atoms with Crippen LogP contribution in [0.1, 0.15) is 38.5 Å². The maximum atomic E-state index is 13.5. The summed E-state index contributed by atoms with van der Waals surface area (Å²) in [6, 6.07) is 4.50. The molecule has 0 aromatic heterocycles. The molecule has 4 rings (SSSR count). The molecule has 7 nitrogen and oxygen atoms in total. The first-order chi connectivity index (χ1) is 13.1. The number of rotatable bonds is 2. The van der Waals surface area contributed by atoms with Crippen molar-refractivity contribution in [2.75, 3.05) is 26.3 Å². The molecular formula is C19H26N2O5S. The average molecular weight is 394 g/mol. The molecule has 148 valence electrons. The van der Waals surface area contributed by atoms with Gasteiger partial charge in [0, 0.05) is 25.2 Å². The summed E-state index contributed by atoms with van der Waals surface area (Å²) < 4.78 is 39.6. The van der Waals surface area contributed by atoms with Gasteiger partial charge in [-0.05, 0) is 37.8 Å². The number of fused-ring (bicyclic) bond motifs is 2. The molecule has 1 saturated carbocycles. The highest BCUT2D eigenvalue weighted by Gasteiger charge is 2.42. The average Bonchev–Trinajstić information content (AvgIpc) is 3.16. The molecule has 8 heteroatoms. The third kappa shape index (κ3) is 3.65. The molecule has 0 radical (unpaired) electrons. The van der Waals surface area contributed by atoms with Gasteiger partial charge in [0.05, 0.1) is 10.8 Å². The number of nitrogens with one attached hydrogen (secondary N) is 1. The monoisotopic (exact) mass is 394 g/mol. The Morgan fingerprint density at radius 1 is 1.00 bits per heavy atom. The van der Waals surface area contributed by atoms with E-state index >= 15 is 0 Å². The van der Waals surface area contributed by atoms with Gasteiger partial charge in [0.1, 0.15) is 13.2 Å². The highest BCUT2D eigenvalue weighted by Crippen LogP contribution is 2.37. The van der Waals surface area contributed by atoms with Crippen molar-refractivity contribution in [1.82, 2.24) is 9.62 Å². The Morgan fingerprint density at radius 2 is 1.81 bits per heavy atom. The van der Waals surface area contributed by atoms with Crippen LogP contribution >= 0.6 is 0 Å². The van der Waals surface area contributed by atoms with Gasteiger partial charge in [-0.2, -0.15) is 4.31 Å². The number of carbonyl (C=O) groups is 1. The Kier molecular flexibility index (Phi) is 5.27. The van der Waals surface area contributed by atoms with Crippen molar-refractivity contribution >= 4 is 15.9 Å². The predicted octanol–water partition coefficient (Wildman–Crippen LogP) is 1.92. The highest BCUT2D eigenvalue weighted by molar-refractivity contribution is 7.89. The van der Waals surface area contributed by atoms with E-state index in [1.165, 1.54) is 0 Å². The maximum Gasteiger partial charge on any atom is 0.243 e. The van der Waals surface area contributed by atoms with Crippen molar-refractivity contribution in [2.45, 2.75) is 49.5 Å². The van der Waals surface area contributed by atoms with Crippen LogP contribution in [0.25, 0.3) is 0 Å². The number of hydrogen-bond acceptors (Lipinski definition) is 5. The van der Waals surface area contributed by atoms with Crippen molar-refractivity contribution in [3.05, 3.63) is 18.2 Å². The Labute approximate surface area is 160 Å². The SMILES string of the molecule is O=C1NCCCCCN(S(=O)(=O)c2ccc3c(c2)OCCO3)[C@H]2CCC[C@@H]12. The van der Waals surface area contributed by atoms with Crippen LogP contribution in [0.4, 0.5) is 0 Å². The summed E-state index contributed by atoms with van der Waals surface area (Å²) in [5, 5.41) is 2.98. The summed E-state index contributed by atoms with van der Waals surface area (Å²) in [7, 11) is -3.72. The summed E-state index contributed by atoms with van der Waals surface area (Å²) in [5.41, 5.74) is 0. The van der Waals surface area contributed by atoms with E-state index in [1.54, 1.807) is 22.5 Å². The molecule has 1 aliphatic carbocycles. The van der Waals surface area contributed by atoms with Gasteiger partial charge in [0.15, 0.2) is 11.5 Å². The number of sulfonamides is 1. The number of nitrogens with zero attached hydrogens (tertiary/aromatic N) is 1. The molecule has 1 saturated heterocycles. The fourth-order valence-corrected chi connectivity index (χ4v) is 6.03. The maximum absolute atomic E-state index is 13.5. The largest absolute Gasteiger partial charge is 0.486 e. The van der Waals surface area contributed by atoms with Gasteiger partial charge in [-0.1, -0.05) is 12.8 Å². The van der Waals surface area contributed by atoms with Gasteiger partial charge in [-0.3, -0.25) is 4.79 Å². The third-order valence-corrected chi connectivity index (χ3v) is 7.58. The number of carbonyl (C=O) groups excluding carboxylic acids is 1. The number of ether oxygens (including phenoxy) is 2. The van der Waals surface area contributed by atoms with E-state index in [2.05, 4.69) is 5.32 Å². The fourth-order valence-electron chi connectivity index (χ4n) is 4.29. The molecule has 2 heterocycles. The molecule has 2 atom stereocenters. The van der Waals surface area contributed by atoms with Crippen LogP contribution in [0.15, 0.2) is 23.1 Å². The van der Waals surface area contributed by atoms with Gasteiger partial charge in [0.2, 0.25) is 15.9 Å². The first kappa shape index (κ1) is 18.6. The zero-order chi connectivity index (χ0) is 18.9. The lowest BCUT2D eigenvalue weighted by Crippen LogP contribution is -2.48. The van der Waals surface area contributed by atoms with E-state index in [0.717, 1.165) is 38.5 Å². The van der Waals surface area contributed by atoms with E-state index in [-0.39, 0.29) is 22.8 Å². The molecule has 3 aliphatic rings. The van der Waals surface area contributed by atoms with E-state index in [4.69, 9.17) is 9.47 Å². The highest BCUT2D eigenvalue weighted by atomic mass is 32.2. The molecule has 0 spiro atoms. The molecule has 1 N–H and O–H groups in total. The van der Waals surface area contributed by atoms with Crippen molar-refractivity contribution in [1.29, 1.82) is 0 Å². The zero-order valence-electron chi connectivity index (χ0n) is 15.4. The summed E-state index contributed by atoms with van der Waals surface area (Å²) >= 11 is 0. The van der Waals surface area contributed by atoms with Crippen LogP contribution in [-0.2, 0) is 14.8 Å². The van der Waals surface area contributed by atoms with Crippen molar-refractivity contribution in [3.63, 3.8) is 0 Å². The van der Waals surface area contributed by atoms with Crippen LogP contribution in [-0.4, -0.2) is 51.0 Å². The van der Waals surface area contributed by atoms with Crippen molar-refractivity contribution in [2.24, 2.45) is 5.92 Å². The molecule has 1 aromatic carbocycles. The Hall–Kier alpha value is -1.80. The quantitative estimate of drug-likeness (QED) is 0.828. The Morgan fingerprint density at radius 3 is 2.67 bits per heavy atom. The van der Waals surface area contributed by atoms with E-state index in [1.807, 2.05) is 0 Å². The fraction of sp³-hybridized carbons (Fsp3) is 0.632. The summed E-state index contributed by atoms with van der Waals surface area (Å²) in [6.45, 7) is 2.00. The second kappa shape index (κ2) is 7.67. The zero-order valence-corrected chi connectivity index (χ0v) is 16.2. The number of benzene rings is 1. The number of hydrogen-bond donors (Lipinski definition) is 1. The van der Waals surface area contributed by atoms with Gasteiger partial charge >= 0.3 is 0 Å². The van der Waals surface area contributed by atoms with Crippen LogP contribution in [0, 0.1) is 5.92 Å². The summed E-state index contributed by atoms with van der Waals surface area (Å²) in [4.78, 5) is 12.7. The molecule has 1 amide bonds. The van der Waals surface area contributed by atoms with Crippen LogP contribution in [0.5, 0.6) is 11.5 Å². The second-order valence-electron chi connectivity index (χ2n) is 7.38. The number of amides is 1. The van der Waals surface area contributed by atoms with Gasteiger partial charge in [-0.15, -0.1) is 0 Å².